The van der Waals surface area contributed by atoms with Crippen molar-refractivity contribution < 1.29 is 9.57 Å². The molecule has 1 fully saturated rings. The molecule has 1 aliphatic rings. The number of nitrogens with two attached hydrogens (primary N) is 1. The number of ether oxygens (including phenoxy) is 1. The molecule has 1 rings (SSSR count). The molecule has 2 N–H and O–H groups in total. The summed E-state index contributed by atoms with van der Waals surface area (Å²) in [5.41, 5.74) is 5.11. The van der Waals surface area contributed by atoms with Crippen LogP contribution in [0, 0.1) is 22.7 Å². The van der Waals surface area contributed by atoms with E-state index >= 15 is 0 Å². The van der Waals surface area contributed by atoms with Gasteiger partial charge in [0.15, 0.2) is 0 Å². The molecule has 0 aromatic carbocycles. The van der Waals surface area contributed by atoms with Crippen LogP contribution in [0.2, 0.25) is 0 Å². The first-order chi connectivity index (χ1) is 9.12. The van der Waals surface area contributed by atoms with Gasteiger partial charge in [-0.3, -0.25) is 4.90 Å². The van der Waals surface area contributed by atoms with Crippen LogP contribution in [0.15, 0.2) is 17.2 Å². The lowest BCUT2D eigenvalue weighted by molar-refractivity contribution is -0.0988. The Kier molecular flexibility index (Phi) is 5.61. The van der Waals surface area contributed by atoms with E-state index in [1.54, 1.807) is 12.1 Å². The number of nitrogens with zero attached hydrogens (tertiary/aromatic N) is 5. The molecule has 0 aliphatic carbocycles. The fourth-order valence-electron chi connectivity index (χ4n) is 1.50. The van der Waals surface area contributed by atoms with Crippen LogP contribution in [0.1, 0.15) is 0 Å². The van der Waals surface area contributed by atoms with Crippen molar-refractivity contribution in [3.8, 4) is 12.1 Å². The molecule has 0 spiro atoms. The van der Waals surface area contributed by atoms with Gasteiger partial charge in [-0.2, -0.15) is 10.5 Å². The van der Waals surface area contributed by atoms with Crippen LogP contribution in [0.25, 0.3) is 0 Å². The van der Waals surface area contributed by atoms with Crippen molar-refractivity contribution in [2.24, 2.45) is 10.9 Å². The summed E-state index contributed by atoms with van der Waals surface area (Å²) in [6.45, 7) is 1.67. The molecule has 0 aromatic heterocycles. The van der Waals surface area contributed by atoms with E-state index in [1.165, 1.54) is 6.20 Å². The van der Waals surface area contributed by atoms with Crippen LogP contribution in [-0.4, -0.2) is 55.5 Å². The molecule has 102 valence electrons. The normalized spacial score (nSPS) is 19.5. The van der Waals surface area contributed by atoms with E-state index in [0.717, 1.165) is 0 Å². The number of hydrogen-bond acceptors (Lipinski definition) is 8. The van der Waals surface area contributed by atoms with Crippen LogP contribution >= 0.6 is 0 Å². The molecule has 0 bridgehead atoms. The molecule has 0 saturated carbocycles. The van der Waals surface area contributed by atoms with Gasteiger partial charge >= 0.3 is 0 Å². The second-order valence-electron chi connectivity index (χ2n) is 3.99. The first kappa shape index (κ1) is 14.8. The molecule has 19 heavy (non-hydrogen) atoms. The van der Waals surface area contributed by atoms with Crippen LogP contribution in [0.4, 0.5) is 0 Å². The highest BCUT2D eigenvalue weighted by atomic mass is 16.6. The lowest BCUT2D eigenvalue weighted by Crippen LogP contribution is -2.48. The first-order valence-corrected chi connectivity index (χ1v) is 5.62. The van der Waals surface area contributed by atoms with Gasteiger partial charge in [-0.15, -0.1) is 0 Å². The third kappa shape index (κ3) is 4.14. The fourth-order valence-corrected chi connectivity index (χ4v) is 1.50. The Morgan fingerprint density at radius 2 is 2.21 bits per heavy atom. The highest BCUT2D eigenvalue weighted by molar-refractivity contribution is 6.09. The molecular weight excluding hydrogens is 248 g/mol. The van der Waals surface area contributed by atoms with E-state index in [4.69, 9.17) is 25.8 Å². The van der Waals surface area contributed by atoms with E-state index in [1.807, 2.05) is 23.9 Å². The number of rotatable bonds is 4. The van der Waals surface area contributed by atoms with E-state index < -0.39 is 0 Å². The summed E-state index contributed by atoms with van der Waals surface area (Å²) in [4.78, 5) is 8.80. The number of hydrogen-bond donors (Lipinski definition) is 1. The summed E-state index contributed by atoms with van der Waals surface area (Å²) >= 11 is 0. The standard InChI is InChI=1S/C11H16N6O2/c1-16(2)11-8-17(3-4-18-11)10(7-14)19-15-9(5-12)6-13/h7,11H,3-4,8,14H2,1-2H3. The molecule has 0 amide bonds. The average Bonchev–Trinajstić information content (AvgIpc) is 2.44. The van der Waals surface area contributed by atoms with Gasteiger partial charge in [0.05, 0.1) is 19.4 Å². The summed E-state index contributed by atoms with van der Waals surface area (Å²) in [6.07, 6.45) is 1.16. The maximum atomic E-state index is 8.56. The highest BCUT2D eigenvalue weighted by Crippen LogP contribution is 2.13. The third-order valence-corrected chi connectivity index (χ3v) is 2.52. The Morgan fingerprint density at radius 3 is 2.74 bits per heavy atom. The van der Waals surface area contributed by atoms with Crippen molar-refractivity contribution in [1.82, 2.24) is 9.80 Å². The van der Waals surface area contributed by atoms with Gasteiger partial charge in [-0.25, -0.2) is 0 Å². The van der Waals surface area contributed by atoms with Crippen molar-refractivity contribution in [3.63, 3.8) is 0 Å². The Labute approximate surface area is 111 Å². The summed E-state index contributed by atoms with van der Waals surface area (Å²) < 4.78 is 5.55. The van der Waals surface area contributed by atoms with Gasteiger partial charge < -0.3 is 20.2 Å². The van der Waals surface area contributed by atoms with E-state index in [-0.39, 0.29) is 17.8 Å². The van der Waals surface area contributed by atoms with Crippen molar-refractivity contribution in [3.05, 3.63) is 12.1 Å². The molecule has 1 saturated heterocycles. The fraction of sp³-hybridized carbons (Fsp3) is 0.545. The second-order valence-corrected chi connectivity index (χ2v) is 3.99. The predicted molar refractivity (Wildman–Crippen MR) is 67.0 cm³/mol. The van der Waals surface area contributed by atoms with Crippen molar-refractivity contribution in [2.45, 2.75) is 6.23 Å². The predicted octanol–water partition coefficient (Wildman–Crippen LogP) is -0.616. The van der Waals surface area contributed by atoms with E-state index in [0.29, 0.717) is 19.7 Å². The Morgan fingerprint density at radius 1 is 1.53 bits per heavy atom. The molecular formula is C11H16N6O2. The van der Waals surface area contributed by atoms with Gasteiger partial charge in [-0.1, -0.05) is 5.16 Å². The van der Waals surface area contributed by atoms with Crippen LogP contribution in [0.5, 0.6) is 0 Å². The molecule has 1 heterocycles. The van der Waals surface area contributed by atoms with Crippen LogP contribution < -0.4 is 5.73 Å². The topological polar surface area (TPSA) is 111 Å². The average molecular weight is 264 g/mol. The molecule has 8 heteroatoms. The minimum Gasteiger partial charge on any atom is -0.400 e. The maximum absolute atomic E-state index is 8.56. The number of oxime groups is 1. The van der Waals surface area contributed by atoms with Crippen molar-refractivity contribution >= 4 is 5.71 Å². The monoisotopic (exact) mass is 264 g/mol. The van der Waals surface area contributed by atoms with E-state index in [2.05, 4.69) is 5.16 Å². The Balaban J connectivity index is 2.69. The van der Waals surface area contributed by atoms with Gasteiger partial charge in [0.1, 0.15) is 18.4 Å². The molecule has 0 radical (unpaired) electrons. The van der Waals surface area contributed by atoms with Crippen molar-refractivity contribution in [1.29, 1.82) is 10.5 Å². The van der Waals surface area contributed by atoms with Crippen molar-refractivity contribution in [2.75, 3.05) is 33.8 Å². The lowest BCUT2D eigenvalue weighted by atomic mass is 10.3. The van der Waals surface area contributed by atoms with Crippen LogP contribution in [0.3, 0.4) is 0 Å². The summed E-state index contributed by atoms with van der Waals surface area (Å²) in [6, 6.07) is 3.21. The van der Waals surface area contributed by atoms with E-state index in [9.17, 15) is 0 Å². The summed E-state index contributed by atoms with van der Waals surface area (Å²) in [5.74, 6) is 0.290. The van der Waals surface area contributed by atoms with Gasteiger partial charge in [0, 0.05) is 6.54 Å². The summed E-state index contributed by atoms with van der Waals surface area (Å²) in [5, 5.41) is 20.6. The smallest absolute Gasteiger partial charge is 0.256 e. The Hall–Kier alpha value is -2.29. The summed E-state index contributed by atoms with van der Waals surface area (Å²) in [7, 11) is 3.81. The third-order valence-electron chi connectivity index (χ3n) is 2.52. The molecule has 0 aromatic rings. The van der Waals surface area contributed by atoms with Crippen LogP contribution in [-0.2, 0) is 9.57 Å². The second kappa shape index (κ2) is 7.21. The largest absolute Gasteiger partial charge is 0.400 e. The zero-order valence-electron chi connectivity index (χ0n) is 10.9. The zero-order valence-corrected chi connectivity index (χ0v) is 10.9. The number of nitriles is 2. The van der Waals surface area contributed by atoms with Gasteiger partial charge in [-0.05, 0) is 14.1 Å². The molecule has 1 atom stereocenters. The maximum Gasteiger partial charge on any atom is 0.256 e. The first-order valence-electron chi connectivity index (χ1n) is 5.62. The Bertz CT molecular complexity index is 429. The zero-order chi connectivity index (χ0) is 14.3. The SMILES string of the molecule is CN(C)C1CN(C(=CN)ON=C(C#N)C#N)CCO1. The quantitative estimate of drug-likeness (QED) is 0.409. The molecule has 1 unspecified atom stereocenters. The molecule has 1 aliphatic heterocycles. The molecule has 8 nitrogen and oxygen atoms in total. The lowest BCUT2D eigenvalue weighted by Gasteiger charge is -2.36. The number of likely N-dealkylation sites (N-methyl/N-ethyl adjacent to an activating group) is 1. The number of morpholine rings is 1. The van der Waals surface area contributed by atoms with Gasteiger partial charge in [0.25, 0.3) is 5.71 Å². The van der Waals surface area contributed by atoms with Gasteiger partial charge in [0.2, 0.25) is 5.88 Å². The minimum atomic E-state index is -0.364. The highest BCUT2D eigenvalue weighted by Gasteiger charge is 2.24. The minimum absolute atomic E-state index is 0.0808.